The molecule has 0 spiro atoms. The van der Waals surface area contributed by atoms with Crippen LogP contribution in [0.25, 0.3) is 11.0 Å². The minimum Gasteiger partial charge on any atom is -0.493 e. The number of nitrogens with zero attached hydrogens (tertiary/aromatic N) is 3. The normalized spacial score (nSPS) is 10.9. The predicted molar refractivity (Wildman–Crippen MR) is 92.4 cm³/mol. The van der Waals surface area contributed by atoms with Crippen LogP contribution in [0.5, 0.6) is 5.75 Å². The van der Waals surface area contributed by atoms with Crippen LogP contribution in [-0.2, 0) is 6.54 Å². The zero-order valence-electron chi connectivity index (χ0n) is 13.7. The van der Waals surface area contributed by atoms with Gasteiger partial charge in [-0.2, -0.15) is 0 Å². The fourth-order valence-corrected chi connectivity index (χ4v) is 2.60. The molecular formula is C18H19N3O3. The molecule has 3 aromatic rings. The standard InChI is InChI=1S/C18H19N3O3/c1-13-9-17-18(10-14(13)2)20(12-19-17)7-4-8-24-16-6-3-5-15(11-16)21(22)23/h3,5-6,9-12H,4,7-8H2,1-2H3. The van der Waals surface area contributed by atoms with Crippen molar-refractivity contribution in [3.8, 4) is 5.75 Å². The molecule has 0 atom stereocenters. The lowest BCUT2D eigenvalue weighted by atomic mass is 10.1. The van der Waals surface area contributed by atoms with Crippen LogP contribution in [0.15, 0.2) is 42.7 Å². The second-order valence-corrected chi connectivity index (χ2v) is 5.82. The van der Waals surface area contributed by atoms with Crippen molar-refractivity contribution in [3.63, 3.8) is 0 Å². The highest BCUT2D eigenvalue weighted by Gasteiger charge is 2.07. The molecule has 124 valence electrons. The van der Waals surface area contributed by atoms with Gasteiger partial charge in [0.05, 0.1) is 35.0 Å². The maximum absolute atomic E-state index is 10.8. The SMILES string of the molecule is Cc1cc2ncn(CCCOc3cccc([N+](=O)[O-])c3)c2cc1C. The number of benzene rings is 2. The van der Waals surface area contributed by atoms with E-state index in [1.807, 2.05) is 6.33 Å². The largest absolute Gasteiger partial charge is 0.493 e. The van der Waals surface area contributed by atoms with Crippen molar-refractivity contribution in [3.05, 3.63) is 64.0 Å². The number of hydrogen-bond donors (Lipinski definition) is 0. The van der Waals surface area contributed by atoms with Gasteiger partial charge < -0.3 is 9.30 Å². The van der Waals surface area contributed by atoms with Crippen molar-refractivity contribution in [2.45, 2.75) is 26.8 Å². The van der Waals surface area contributed by atoms with Gasteiger partial charge in [0.1, 0.15) is 5.75 Å². The summed E-state index contributed by atoms with van der Waals surface area (Å²) in [4.78, 5) is 14.8. The number of non-ortho nitro benzene ring substituents is 1. The summed E-state index contributed by atoms with van der Waals surface area (Å²) >= 11 is 0. The summed E-state index contributed by atoms with van der Waals surface area (Å²) in [7, 11) is 0. The van der Waals surface area contributed by atoms with Crippen LogP contribution in [0.1, 0.15) is 17.5 Å². The van der Waals surface area contributed by atoms with Gasteiger partial charge in [-0.15, -0.1) is 0 Å². The van der Waals surface area contributed by atoms with Crippen LogP contribution >= 0.6 is 0 Å². The van der Waals surface area contributed by atoms with Crippen molar-refractivity contribution in [2.75, 3.05) is 6.61 Å². The van der Waals surface area contributed by atoms with Crippen LogP contribution < -0.4 is 4.74 Å². The van der Waals surface area contributed by atoms with E-state index in [0.717, 1.165) is 24.0 Å². The van der Waals surface area contributed by atoms with Gasteiger partial charge in [-0.3, -0.25) is 10.1 Å². The third-order valence-electron chi connectivity index (χ3n) is 4.08. The van der Waals surface area contributed by atoms with Gasteiger partial charge >= 0.3 is 0 Å². The Hall–Kier alpha value is -2.89. The predicted octanol–water partition coefficient (Wildman–Crippen LogP) is 4.03. The minimum absolute atomic E-state index is 0.0407. The van der Waals surface area contributed by atoms with Crippen molar-refractivity contribution >= 4 is 16.7 Å². The summed E-state index contributed by atoms with van der Waals surface area (Å²) in [5, 5.41) is 10.8. The highest BCUT2D eigenvalue weighted by atomic mass is 16.6. The van der Waals surface area contributed by atoms with E-state index in [1.165, 1.54) is 23.3 Å². The Morgan fingerprint density at radius 2 is 2.00 bits per heavy atom. The van der Waals surface area contributed by atoms with Gasteiger partial charge in [-0.05, 0) is 49.6 Å². The number of rotatable bonds is 6. The second kappa shape index (κ2) is 6.70. The maximum atomic E-state index is 10.8. The summed E-state index contributed by atoms with van der Waals surface area (Å²) in [5.74, 6) is 0.520. The Balaban J connectivity index is 1.60. The molecule has 0 N–H and O–H groups in total. The number of hydrogen-bond acceptors (Lipinski definition) is 4. The van der Waals surface area contributed by atoms with Gasteiger partial charge in [-0.25, -0.2) is 4.98 Å². The van der Waals surface area contributed by atoms with Crippen LogP contribution in [0.3, 0.4) is 0 Å². The lowest BCUT2D eigenvalue weighted by Crippen LogP contribution is -2.04. The lowest BCUT2D eigenvalue weighted by molar-refractivity contribution is -0.384. The number of fused-ring (bicyclic) bond motifs is 1. The molecule has 0 fully saturated rings. The quantitative estimate of drug-likeness (QED) is 0.390. The first-order chi connectivity index (χ1) is 11.5. The summed E-state index contributed by atoms with van der Waals surface area (Å²) in [5.41, 5.74) is 4.64. The van der Waals surface area contributed by atoms with E-state index in [0.29, 0.717) is 12.4 Å². The molecule has 0 aliphatic carbocycles. The summed E-state index contributed by atoms with van der Waals surface area (Å²) in [6.07, 6.45) is 2.64. The monoisotopic (exact) mass is 325 g/mol. The molecule has 0 aliphatic rings. The van der Waals surface area contributed by atoms with Gasteiger partial charge in [0.2, 0.25) is 0 Å². The average Bonchev–Trinajstić information content (AvgIpc) is 2.94. The van der Waals surface area contributed by atoms with Crippen LogP contribution in [0.2, 0.25) is 0 Å². The maximum Gasteiger partial charge on any atom is 0.273 e. The van der Waals surface area contributed by atoms with Crippen molar-refractivity contribution < 1.29 is 9.66 Å². The highest BCUT2D eigenvalue weighted by Crippen LogP contribution is 2.20. The van der Waals surface area contributed by atoms with Crippen molar-refractivity contribution in [1.82, 2.24) is 9.55 Å². The number of aromatic nitrogens is 2. The minimum atomic E-state index is -0.422. The third kappa shape index (κ3) is 3.37. The van der Waals surface area contributed by atoms with Gasteiger partial charge in [0.25, 0.3) is 5.69 Å². The zero-order chi connectivity index (χ0) is 17.1. The molecule has 0 saturated carbocycles. The molecule has 6 nitrogen and oxygen atoms in total. The van der Waals surface area contributed by atoms with E-state index in [2.05, 4.69) is 35.5 Å². The molecule has 1 aromatic heterocycles. The first-order valence-electron chi connectivity index (χ1n) is 7.84. The number of nitro groups is 1. The Kier molecular flexibility index (Phi) is 4.46. The fraction of sp³-hybridized carbons (Fsp3) is 0.278. The van der Waals surface area contributed by atoms with Crippen LogP contribution in [0.4, 0.5) is 5.69 Å². The Bertz CT molecular complexity index is 886. The first kappa shape index (κ1) is 16.0. The van der Waals surface area contributed by atoms with Crippen molar-refractivity contribution in [2.24, 2.45) is 0 Å². The molecule has 0 saturated heterocycles. The summed E-state index contributed by atoms with van der Waals surface area (Å²) in [6.45, 7) is 5.46. The number of nitro benzene ring substituents is 1. The molecule has 0 bridgehead atoms. The molecule has 24 heavy (non-hydrogen) atoms. The second-order valence-electron chi connectivity index (χ2n) is 5.82. The van der Waals surface area contributed by atoms with E-state index in [-0.39, 0.29) is 5.69 Å². The Morgan fingerprint density at radius 3 is 2.79 bits per heavy atom. The molecule has 6 heteroatoms. The van der Waals surface area contributed by atoms with Crippen LogP contribution in [-0.4, -0.2) is 21.1 Å². The van der Waals surface area contributed by atoms with E-state index in [4.69, 9.17) is 4.74 Å². The molecule has 0 amide bonds. The van der Waals surface area contributed by atoms with Gasteiger partial charge in [-0.1, -0.05) is 6.07 Å². The fourth-order valence-electron chi connectivity index (χ4n) is 2.60. The number of ether oxygens (including phenoxy) is 1. The third-order valence-corrected chi connectivity index (χ3v) is 4.08. The highest BCUT2D eigenvalue weighted by molar-refractivity contribution is 5.77. The summed E-state index contributed by atoms with van der Waals surface area (Å²) in [6, 6.07) is 10.5. The lowest BCUT2D eigenvalue weighted by Gasteiger charge is -2.08. The van der Waals surface area contributed by atoms with Gasteiger partial charge in [0.15, 0.2) is 0 Å². The molecular weight excluding hydrogens is 306 g/mol. The smallest absolute Gasteiger partial charge is 0.273 e. The molecule has 1 heterocycles. The Morgan fingerprint density at radius 1 is 1.21 bits per heavy atom. The molecule has 0 unspecified atom stereocenters. The van der Waals surface area contributed by atoms with E-state index in [1.54, 1.807) is 12.1 Å². The molecule has 2 aromatic carbocycles. The molecule has 0 radical (unpaired) electrons. The van der Waals surface area contributed by atoms with Gasteiger partial charge in [0, 0.05) is 12.6 Å². The Labute approximate surface area is 139 Å². The molecule has 3 rings (SSSR count). The average molecular weight is 325 g/mol. The first-order valence-corrected chi connectivity index (χ1v) is 7.84. The molecule has 0 aliphatic heterocycles. The van der Waals surface area contributed by atoms with E-state index >= 15 is 0 Å². The van der Waals surface area contributed by atoms with Crippen LogP contribution in [0, 0.1) is 24.0 Å². The number of aryl methyl sites for hydroxylation is 3. The van der Waals surface area contributed by atoms with E-state index in [9.17, 15) is 10.1 Å². The van der Waals surface area contributed by atoms with Crippen molar-refractivity contribution in [1.29, 1.82) is 0 Å². The zero-order valence-corrected chi connectivity index (χ0v) is 13.7. The van der Waals surface area contributed by atoms with E-state index < -0.39 is 4.92 Å². The summed E-state index contributed by atoms with van der Waals surface area (Å²) < 4.78 is 7.72. The topological polar surface area (TPSA) is 70.2 Å². The number of imidazole rings is 1.